The SMILES string of the molecule is CNC(CN1CCC(C(C)C)C1)C(C)C. The van der Waals surface area contributed by atoms with Crippen molar-refractivity contribution in [3.63, 3.8) is 0 Å². The molecule has 2 heteroatoms. The van der Waals surface area contributed by atoms with Crippen molar-refractivity contribution in [3.05, 3.63) is 0 Å². The fraction of sp³-hybridized carbons (Fsp3) is 1.00. The number of rotatable bonds is 5. The van der Waals surface area contributed by atoms with Crippen LogP contribution in [-0.2, 0) is 0 Å². The molecule has 0 amide bonds. The Kier molecular flexibility index (Phi) is 5.07. The Morgan fingerprint density at radius 1 is 1.27 bits per heavy atom. The largest absolute Gasteiger partial charge is 0.315 e. The van der Waals surface area contributed by atoms with Gasteiger partial charge in [-0.3, -0.25) is 0 Å². The zero-order chi connectivity index (χ0) is 11.4. The fourth-order valence-corrected chi connectivity index (χ4v) is 2.49. The van der Waals surface area contributed by atoms with Gasteiger partial charge in [-0.2, -0.15) is 0 Å². The Hall–Kier alpha value is -0.0800. The molecule has 2 atom stereocenters. The molecule has 1 N–H and O–H groups in total. The average Bonchev–Trinajstić information content (AvgIpc) is 2.61. The number of hydrogen-bond acceptors (Lipinski definition) is 2. The van der Waals surface area contributed by atoms with Crippen LogP contribution in [0.1, 0.15) is 34.1 Å². The molecule has 1 heterocycles. The van der Waals surface area contributed by atoms with E-state index in [4.69, 9.17) is 0 Å². The summed E-state index contributed by atoms with van der Waals surface area (Å²) in [5, 5.41) is 3.43. The molecule has 0 radical (unpaired) electrons. The summed E-state index contributed by atoms with van der Waals surface area (Å²) in [5.74, 6) is 2.50. The highest BCUT2D eigenvalue weighted by Gasteiger charge is 2.26. The second-order valence-corrected chi connectivity index (χ2v) is 5.69. The molecule has 1 saturated heterocycles. The molecular weight excluding hydrogens is 184 g/mol. The maximum atomic E-state index is 3.43. The maximum Gasteiger partial charge on any atom is 0.0214 e. The van der Waals surface area contributed by atoms with Gasteiger partial charge in [0.2, 0.25) is 0 Å². The van der Waals surface area contributed by atoms with Gasteiger partial charge in [-0.1, -0.05) is 27.7 Å². The van der Waals surface area contributed by atoms with Crippen LogP contribution in [0.4, 0.5) is 0 Å². The molecule has 0 aromatic carbocycles. The third-order valence-corrected chi connectivity index (χ3v) is 3.88. The van der Waals surface area contributed by atoms with Crippen LogP contribution < -0.4 is 5.32 Å². The molecule has 0 aromatic heterocycles. The number of likely N-dealkylation sites (N-methyl/N-ethyl adjacent to an activating group) is 1. The molecule has 1 fully saturated rings. The molecule has 0 aliphatic carbocycles. The third-order valence-electron chi connectivity index (χ3n) is 3.88. The van der Waals surface area contributed by atoms with Gasteiger partial charge < -0.3 is 10.2 Å². The van der Waals surface area contributed by atoms with E-state index in [-0.39, 0.29) is 0 Å². The summed E-state index contributed by atoms with van der Waals surface area (Å²) in [4.78, 5) is 2.63. The first kappa shape index (κ1) is 13.0. The second-order valence-electron chi connectivity index (χ2n) is 5.69. The molecular formula is C13H28N2. The lowest BCUT2D eigenvalue weighted by Crippen LogP contribution is -2.42. The number of hydrogen-bond donors (Lipinski definition) is 1. The second kappa shape index (κ2) is 5.86. The Balaban J connectivity index is 2.34. The van der Waals surface area contributed by atoms with Crippen molar-refractivity contribution in [1.82, 2.24) is 10.2 Å². The van der Waals surface area contributed by atoms with Crippen LogP contribution in [0.5, 0.6) is 0 Å². The van der Waals surface area contributed by atoms with Crippen molar-refractivity contribution in [2.24, 2.45) is 17.8 Å². The van der Waals surface area contributed by atoms with Crippen molar-refractivity contribution in [1.29, 1.82) is 0 Å². The van der Waals surface area contributed by atoms with Gasteiger partial charge in [0.1, 0.15) is 0 Å². The number of nitrogens with one attached hydrogen (secondary N) is 1. The smallest absolute Gasteiger partial charge is 0.0214 e. The minimum atomic E-state index is 0.649. The summed E-state index contributed by atoms with van der Waals surface area (Å²) < 4.78 is 0. The van der Waals surface area contributed by atoms with Crippen LogP contribution >= 0.6 is 0 Å². The van der Waals surface area contributed by atoms with E-state index in [1.54, 1.807) is 0 Å². The Labute approximate surface area is 95.4 Å². The van der Waals surface area contributed by atoms with Crippen molar-refractivity contribution >= 4 is 0 Å². The summed E-state index contributed by atoms with van der Waals surface area (Å²) in [5.41, 5.74) is 0. The van der Waals surface area contributed by atoms with E-state index < -0.39 is 0 Å². The van der Waals surface area contributed by atoms with Crippen LogP contribution in [0, 0.1) is 17.8 Å². The van der Waals surface area contributed by atoms with Crippen LogP contribution in [0.2, 0.25) is 0 Å². The summed E-state index contributed by atoms with van der Waals surface area (Å²) in [6.07, 6.45) is 1.40. The average molecular weight is 212 g/mol. The van der Waals surface area contributed by atoms with E-state index in [2.05, 4.69) is 45.0 Å². The normalized spacial score (nSPS) is 25.4. The van der Waals surface area contributed by atoms with Crippen LogP contribution in [0.15, 0.2) is 0 Å². The topological polar surface area (TPSA) is 15.3 Å². The van der Waals surface area contributed by atoms with Crippen molar-refractivity contribution in [3.8, 4) is 0 Å². The molecule has 0 saturated carbocycles. The number of likely N-dealkylation sites (tertiary alicyclic amines) is 1. The van der Waals surface area contributed by atoms with Gasteiger partial charge in [0.25, 0.3) is 0 Å². The summed E-state index contributed by atoms with van der Waals surface area (Å²) in [6.45, 7) is 13.1. The van der Waals surface area contributed by atoms with Gasteiger partial charge in [-0.15, -0.1) is 0 Å². The van der Waals surface area contributed by atoms with Crippen LogP contribution in [-0.4, -0.2) is 37.6 Å². The van der Waals surface area contributed by atoms with Gasteiger partial charge in [0.05, 0.1) is 0 Å². The van der Waals surface area contributed by atoms with Gasteiger partial charge in [0.15, 0.2) is 0 Å². The molecule has 2 nitrogen and oxygen atoms in total. The Bertz CT molecular complexity index is 177. The van der Waals surface area contributed by atoms with E-state index in [0.717, 1.165) is 17.8 Å². The van der Waals surface area contributed by atoms with E-state index in [1.165, 1.54) is 26.1 Å². The van der Waals surface area contributed by atoms with Crippen LogP contribution in [0.3, 0.4) is 0 Å². The molecule has 1 aliphatic rings. The highest BCUT2D eigenvalue weighted by Crippen LogP contribution is 2.23. The monoisotopic (exact) mass is 212 g/mol. The highest BCUT2D eigenvalue weighted by molar-refractivity contribution is 4.81. The predicted octanol–water partition coefficient (Wildman–Crippen LogP) is 2.21. The standard InChI is InChI=1S/C13H28N2/c1-10(2)12-6-7-15(8-12)9-13(14-5)11(3)4/h10-14H,6-9H2,1-5H3. The van der Waals surface area contributed by atoms with Crippen molar-refractivity contribution in [2.75, 3.05) is 26.7 Å². The molecule has 1 rings (SSSR count). The van der Waals surface area contributed by atoms with E-state index in [1.807, 2.05) is 0 Å². The molecule has 2 unspecified atom stereocenters. The number of nitrogens with zero attached hydrogens (tertiary/aromatic N) is 1. The van der Waals surface area contributed by atoms with Gasteiger partial charge >= 0.3 is 0 Å². The lowest BCUT2D eigenvalue weighted by molar-refractivity contribution is 0.247. The summed E-state index contributed by atoms with van der Waals surface area (Å²) >= 11 is 0. The Morgan fingerprint density at radius 2 is 1.93 bits per heavy atom. The maximum absolute atomic E-state index is 3.43. The van der Waals surface area contributed by atoms with E-state index in [0.29, 0.717) is 6.04 Å². The van der Waals surface area contributed by atoms with Gasteiger partial charge in [0, 0.05) is 19.1 Å². The fourth-order valence-electron chi connectivity index (χ4n) is 2.49. The van der Waals surface area contributed by atoms with E-state index >= 15 is 0 Å². The summed E-state index contributed by atoms with van der Waals surface area (Å²) in [7, 11) is 2.08. The zero-order valence-electron chi connectivity index (χ0n) is 11.1. The highest BCUT2D eigenvalue weighted by atomic mass is 15.2. The van der Waals surface area contributed by atoms with Gasteiger partial charge in [-0.05, 0) is 37.8 Å². The summed E-state index contributed by atoms with van der Waals surface area (Å²) in [6, 6.07) is 0.649. The minimum absolute atomic E-state index is 0.649. The lowest BCUT2D eigenvalue weighted by atomic mass is 9.95. The first-order valence-electron chi connectivity index (χ1n) is 6.44. The molecule has 0 spiro atoms. The molecule has 0 aromatic rings. The predicted molar refractivity (Wildman–Crippen MR) is 67.1 cm³/mol. The molecule has 0 bridgehead atoms. The lowest BCUT2D eigenvalue weighted by Gasteiger charge is -2.26. The minimum Gasteiger partial charge on any atom is -0.315 e. The first-order valence-corrected chi connectivity index (χ1v) is 6.44. The molecule has 15 heavy (non-hydrogen) atoms. The molecule has 1 aliphatic heterocycles. The van der Waals surface area contributed by atoms with Gasteiger partial charge in [-0.25, -0.2) is 0 Å². The van der Waals surface area contributed by atoms with Crippen molar-refractivity contribution in [2.45, 2.75) is 40.2 Å². The Morgan fingerprint density at radius 3 is 2.33 bits per heavy atom. The van der Waals surface area contributed by atoms with Crippen LogP contribution in [0.25, 0.3) is 0 Å². The first-order chi connectivity index (χ1) is 7.04. The van der Waals surface area contributed by atoms with E-state index in [9.17, 15) is 0 Å². The van der Waals surface area contributed by atoms with Crippen molar-refractivity contribution < 1.29 is 0 Å². The quantitative estimate of drug-likeness (QED) is 0.751. The zero-order valence-corrected chi connectivity index (χ0v) is 11.1. The molecule has 90 valence electrons. The third kappa shape index (κ3) is 3.76.